The molecule has 1 aromatic carbocycles. The van der Waals surface area contributed by atoms with Gasteiger partial charge in [0, 0.05) is 5.92 Å². The average molecular weight is 285 g/mol. The summed E-state index contributed by atoms with van der Waals surface area (Å²) in [6.07, 6.45) is 0.723. The first kappa shape index (κ1) is 16.0. The summed E-state index contributed by atoms with van der Waals surface area (Å²) in [6, 6.07) is 7.88. The van der Waals surface area contributed by atoms with E-state index in [2.05, 4.69) is 19.9 Å². The highest BCUT2D eigenvalue weighted by molar-refractivity contribution is 7.89. The summed E-state index contributed by atoms with van der Waals surface area (Å²) in [4.78, 5) is 0. The van der Waals surface area contributed by atoms with E-state index in [1.165, 1.54) is 5.56 Å². The van der Waals surface area contributed by atoms with Crippen LogP contribution in [0.5, 0.6) is 5.75 Å². The van der Waals surface area contributed by atoms with E-state index in [0.717, 1.165) is 12.2 Å². The number of primary sulfonamides is 1. The minimum atomic E-state index is -3.44. The largest absolute Gasteiger partial charge is 0.493 e. The molecular weight excluding hydrogens is 262 g/mol. The smallest absolute Gasteiger partial charge is 0.209 e. The Morgan fingerprint density at radius 3 is 2.53 bits per heavy atom. The highest BCUT2D eigenvalue weighted by Crippen LogP contribution is 2.21. The van der Waals surface area contributed by atoms with Crippen molar-refractivity contribution in [3.05, 3.63) is 29.8 Å². The number of benzene rings is 1. The molecular formula is C14H23NO3S. The van der Waals surface area contributed by atoms with Crippen LogP contribution in [-0.2, 0) is 10.0 Å². The maximum atomic E-state index is 11.1. The molecule has 2 N–H and O–H groups in total. The van der Waals surface area contributed by atoms with E-state index in [9.17, 15) is 8.42 Å². The SMILES string of the molecule is CCC(COc1cccc(C(C)C)c1)CS(N)(=O)=O. The van der Waals surface area contributed by atoms with Crippen molar-refractivity contribution in [1.29, 1.82) is 0 Å². The molecule has 1 rings (SSSR count). The Bertz CT molecular complexity index is 497. The predicted octanol–water partition coefficient (Wildman–Crippen LogP) is 2.50. The molecule has 4 nitrogen and oxygen atoms in total. The van der Waals surface area contributed by atoms with Crippen LogP contribution in [0.4, 0.5) is 0 Å². The summed E-state index contributed by atoms with van der Waals surface area (Å²) in [5.74, 6) is 1.11. The van der Waals surface area contributed by atoms with Crippen LogP contribution in [0.25, 0.3) is 0 Å². The molecule has 19 heavy (non-hydrogen) atoms. The minimum absolute atomic E-state index is 0.0344. The van der Waals surface area contributed by atoms with Crippen molar-refractivity contribution in [2.75, 3.05) is 12.4 Å². The first-order chi connectivity index (χ1) is 8.81. The zero-order chi connectivity index (χ0) is 14.5. The van der Waals surface area contributed by atoms with Crippen molar-refractivity contribution >= 4 is 10.0 Å². The molecule has 0 spiro atoms. The van der Waals surface area contributed by atoms with Crippen LogP contribution in [0.15, 0.2) is 24.3 Å². The maximum Gasteiger partial charge on any atom is 0.209 e. The predicted molar refractivity (Wildman–Crippen MR) is 77.8 cm³/mol. The van der Waals surface area contributed by atoms with E-state index in [1.54, 1.807) is 0 Å². The van der Waals surface area contributed by atoms with Crippen LogP contribution in [-0.4, -0.2) is 20.8 Å². The molecule has 0 heterocycles. The van der Waals surface area contributed by atoms with Gasteiger partial charge >= 0.3 is 0 Å². The summed E-state index contributed by atoms with van der Waals surface area (Å²) in [5.41, 5.74) is 1.21. The number of sulfonamides is 1. The Balaban J connectivity index is 2.62. The van der Waals surface area contributed by atoms with Crippen LogP contribution in [0.2, 0.25) is 0 Å². The molecule has 0 bridgehead atoms. The molecule has 0 aliphatic carbocycles. The summed E-state index contributed by atoms with van der Waals surface area (Å²) >= 11 is 0. The third-order valence-electron chi connectivity index (χ3n) is 3.06. The van der Waals surface area contributed by atoms with Crippen molar-refractivity contribution in [2.24, 2.45) is 11.1 Å². The molecule has 1 unspecified atom stereocenters. The molecule has 0 fully saturated rings. The van der Waals surface area contributed by atoms with E-state index in [1.807, 2.05) is 25.1 Å². The molecule has 0 aliphatic rings. The van der Waals surface area contributed by atoms with Gasteiger partial charge in [-0.2, -0.15) is 0 Å². The minimum Gasteiger partial charge on any atom is -0.493 e. The third-order valence-corrected chi connectivity index (χ3v) is 3.99. The van der Waals surface area contributed by atoms with E-state index < -0.39 is 10.0 Å². The fourth-order valence-electron chi connectivity index (χ4n) is 1.79. The zero-order valence-electron chi connectivity index (χ0n) is 11.8. The Kier molecular flexibility index (Phi) is 5.82. The summed E-state index contributed by atoms with van der Waals surface area (Å²) < 4.78 is 27.8. The van der Waals surface area contributed by atoms with Crippen LogP contribution < -0.4 is 9.88 Å². The summed E-state index contributed by atoms with van der Waals surface area (Å²) in [6.45, 7) is 6.54. The van der Waals surface area contributed by atoms with Crippen molar-refractivity contribution in [3.63, 3.8) is 0 Å². The van der Waals surface area contributed by atoms with Gasteiger partial charge in [-0.3, -0.25) is 0 Å². The molecule has 1 aromatic rings. The van der Waals surface area contributed by atoms with E-state index in [0.29, 0.717) is 12.5 Å². The first-order valence-electron chi connectivity index (χ1n) is 6.55. The number of hydrogen-bond acceptors (Lipinski definition) is 3. The lowest BCUT2D eigenvalue weighted by molar-refractivity contribution is 0.257. The number of ether oxygens (including phenoxy) is 1. The second-order valence-electron chi connectivity index (χ2n) is 5.14. The van der Waals surface area contributed by atoms with Crippen molar-refractivity contribution in [2.45, 2.75) is 33.1 Å². The van der Waals surface area contributed by atoms with Crippen molar-refractivity contribution in [3.8, 4) is 5.75 Å². The Hall–Kier alpha value is -1.07. The maximum absolute atomic E-state index is 11.1. The molecule has 5 heteroatoms. The lowest BCUT2D eigenvalue weighted by atomic mass is 10.0. The zero-order valence-corrected chi connectivity index (χ0v) is 12.6. The second kappa shape index (κ2) is 6.91. The number of rotatable bonds is 7. The quantitative estimate of drug-likeness (QED) is 0.837. The topological polar surface area (TPSA) is 69.4 Å². The van der Waals surface area contributed by atoms with Crippen LogP contribution in [0.1, 0.15) is 38.7 Å². The fraction of sp³-hybridized carbons (Fsp3) is 0.571. The van der Waals surface area contributed by atoms with Gasteiger partial charge < -0.3 is 4.74 Å². The van der Waals surface area contributed by atoms with Gasteiger partial charge in [0.05, 0.1) is 12.4 Å². The molecule has 0 saturated heterocycles. The van der Waals surface area contributed by atoms with Crippen molar-refractivity contribution < 1.29 is 13.2 Å². The van der Waals surface area contributed by atoms with Crippen molar-refractivity contribution in [1.82, 2.24) is 0 Å². The lowest BCUT2D eigenvalue weighted by Gasteiger charge is -2.15. The first-order valence-corrected chi connectivity index (χ1v) is 8.26. The highest BCUT2D eigenvalue weighted by Gasteiger charge is 2.15. The van der Waals surface area contributed by atoms with Gasteiger partial charge in [-0.05, 0) is 30.0 Å². The van der Waals surface area contributed by atoms with E-state index in [4.69, 9.17) is 9.88 Å². The van der Waals surface area contributed by atoms with Gasteiger partial charge in [-0.25, -0.2) is 13.6 Å². The Morgan fingerprint density at radius 2 is 2.00 bits per heavy atom. The van der Waals surface area contributed by atoms with E-state index in [-0.39, 0.29) is 11.7 Å². The molecule has 0 saturated carbocycles. The number of nitrogens with two attached hydrogens (primary N) is 1. The van der Waals surface area contributed by atoms with Gasteiger partial charge in [0.25, 0.3) is 0 Å². The molecule has 0 radical (unpaired) electrons. The molecule has 0 amide bonds. The van der Waals surface area contributed by atoms with Gasteiger partial charge in [-0.1, -0.05) is 32.9 Å². The van der Waals surface area contributed by atoms with Crippen LogP contribution in [0.3, 0.4) is 0 Å². The summed E-state index contributed by atoms with van der Waals surface area (Å²) in [7, 11) is -3.44. The average Bonchev–Trinajstić information content (AvgIpc) is 2.33. The van der Waals surface area contributed by atoms with Crippen LogP contribution in [0, 0.1) is 5.92 Å². The highest BCUT2D eigenvalue weighted by atomic mass is 32.2. The normalized spacial score (nSPS) is 13.5. The van der Waals surface area contributed by atoms with Gasteiger partial charge in [0.1, 0.15) is 5.75 Å². The third kappa shape index (κ3) is 6.07. The summed E-state index contributed by atoms with van der Waals surface area (Å²) in [5, 5.41) is 5.06. The van der Waals surface area contributed by atoms with E-state index >= 15 is 0 Å². The molecule has 1 atom stereocenters. The monoisotopic (exact) mass is 285 g/mol. The van der Waals surface area contributed by atoms with Gasteiger partial charge in [-0.15, -0.1) is 0 Å². The van der Waals surface area contributed by atoms with Gasteiger partial charge in [0.15, 0.2) is 0 Å². The Labute approximate surface area is 116 Å². The second-order valence-corrected chi connectivity index (χ2v) is 6.80. The fourth-order valence-corrected chi connectivity index (χ4v) is 2.78. The molecule has 0 aromatic heterocycles. The Morgan fingerprint density at radius 1 is 1.32 bits per heavy atom. The standard InChI is InChI=1S/C14H23NO3S/c1-4-12(10-19(15,16)17)9-18-14-7-5-6-13(8-14)11(2)3/h5-8,11-12H,4,9-10H2,1-3H3,(H2,15,16,17). The van der Waals surface area contributed by atoms with Crippen LogP contribution >= 0.6 is 0 Å². The van der Waals surface area contributed by atoms with Gasteiger partial charge in [0.2, 0.25) is 10.0 Å². The lowest BCUT2D eigenvalue weighted by Crippen LogP contribution is -2.26. The molecule has 0 aliphatic heterocycles. The number of hydrogen-bond donors (Lipinski definition) is 1. The molecule has 108 valence electrons.